The van der Waals surface area contributed by atoms with Crippen LogP contribution in [0.25, 0.3) is 5.65 Å². The molecule has 0 spiro atoms. The molecule has 210 valence electrons. The first-order valence-corrected chi connectivity index (χ1v) is 12.7. The van der Waals surface area contributed by atoms with Crippen molar-refractivity contribution in [2.75, 3.05) is 18.4 Å². The van der Waals surface area contributed by atoms with E-state index in [1.165, 1.54) is 12.1 Å². The summed E-state index contributed by atoms with van der Waals surface area (Å²) >= 11 is 0. The van der Waals surface area contributed by atoms with Crippen LogP contribution in [0.1, 0.15) is 75.1 Å². The summed E-state index contributed by atoms with van der Waals surface area (Å²) in [5, 5.41) is 2.44. The minimum absolute atomic E-state index is 0.102. The summed E-state index contributed by atoms with van der Waals surface area (Å²) in [5.74, 6) is -0.544. The normalized spacial score (nSPS) is 15.1. The van der Waals surface area contributed by atoms with Crippen molar-refractivity contribution in [2.24, 2.45) is 0 Å². The Labute approximate surface area is 224 Å². The lowest BCUT2D eigenvalue weighted by Gasteiger charge is -2.32. The average molecular weight is 548 g/mol. The van der Waals surface area contributed by atoms with Gasteiger partial charge in [-0.1, -0.05) is 6.07 Å². The number of imidazole rings is 1. The predicted molar refractivity (Wildman–Crippen MR) is 138 cm³/mol. The fourth-order valence-electron chi connectivity index (χ4n) is 4.28. The van der Waals surface area contributed by atoms with E-state index in [0.29, 0.717) is 31.6 Å². The van der Waals surface area contributed by atoms with Gasteiger partial charge in [-0.05, 0) is 59.6 Å². The summed E-state index contributed by atoms with van der Waals surface area (Å²) in [6, 6.07) is 4.93. The molecule has 1 aliphatic rings. The number of amides is 2. The van der Waals surface area contributed by atoms with E-state index < -0.39 is 23.4 Å². The lowest BCUT2D eigenvalue weighted by Crippen LogP contribution is -2.41. The summed E-state index contributed by atoms with van der Waals surface area (Å²) < 4.78 is 52.2. The monoisotopic (exact) mass is 547 g/mol. The van der Waals surface area contributed by atoms with Crippen LogP contribution in [0.4, 0.5) is 23.8 Å². The van der Waals surface area contributed by atoms with Crippen LogP contribution in [-0.2, 0) is 10.9 Å². The zero-order valence-corrected chi connectivity index (χ0v) is 22.5. The number of piperidine rings is 1. The van der Waals surface area contributed by atoms with Crippen LogP contribution in [0.2, 0.25) is 0 Å². The molecule has 0 atom stereocenters. The van der Waals surface area contributed by atoms with E-state index in [2.05, 4.69) is 10.3 Å². The van der Waals surface area contributed by atoms with Gasteiger partial charge in [-0.3, -0.25) is 4.79 Å². The van der Waals surface area contributed by atoms with Crippen LogP contribution in [0, 0.1) is 0 Å². The van der Waals surface area contributed by atoms with Crippen molar-refractivity contribution in [1.82, 2.24) is 19.3 Å². The highest BCUT2D eigenvalue weighted by atomic mass is 19.4. The van der Waals surface area contributed by atoms with Gasteiger partial charge in [0.25, 0.3) is 5.91 Å². The Morgan fingerprint density at radius 1 is 1.08 bits per heavy atom. The Balaban J connectivity index is 1.55. The van der Waals surface area contributed by atoms with Gasteiger partial charge in [0, 0.05) is 37.5 Å². The van der Waals surface area contributed by atoms with Crippen LogP contribution >= 0.6 is 0 Å². The molecule has 1 saturated heterocycles. The number of aromatic nitrogens is 3. The number of fused-ring (bicyclic) bond motifs is 1. The second-order valence-corrected chi connectivity index (χ2v) is 10.8. The molecule has 39 heavy (non-hydrogen) atoms. The van der Waals surface area contributed by atoms with Crippen LogP contribution < -0.4 is 10.1 Å². The molecule has 0 unspecified atom stereocenters. The Bertz CT molecular complexity index is 1360. The minimum Gasteiger partial charge on any atom is -0.490 e. The van der Waals surface area contributed by atoms with Crippen LogP contribution in [0.3, 0.4) is 0 Å². The molecule has 4 heterocycles. The maximum Gasteiger partial charge on any atom is 0.433 e. The number of alkyl halides is 3. The van der Waals surface area contributed by atoms with E-state index in [9.17, 15) is 22.8 Å². The highest BCUT2D eigenvalue weighted by Gasteiger charge is 2.33. The lowest BCUT2D eigenvalue weighted by atomic mass is 9.94. The highest BCUT2D eigenvalue weighted by Crippen LogP contribution is 2.31. The van der Waals surface area contributed by atoms with Gasteiger partial charge < -0.3 is 24.1 Å². The van der Waals surface area contributed by atoms with Crippen LogP contribution in [0.15, 0.2) is 36.7 Å². The second kappa shape index (κ2) is 10.7. The quantitative estimate of drug-likeness (QED) is 0.427. The largest absolute Gasteiger partial charge is 0.490 e. The fraction of sp³-hybridized carbons (Fsp3) is 0.481. The third-order valence-corrected chi connectivity index (χ3v) is 6.03. The van der Waals surface area contributed by atoms with Gasteiger partial charge in [-0.2, -0.15) is 13.2 Å². The molecule has 3 aromatic heterocycles. The van der Waals surface area contributed by atoms with Crippen molar-refractivity contribution in [1.29, 1.82) is 0 Å². The predicted octanol–water partition coefficient (Wildman–Crippen LogP) is 5.90. The number of hydrogen-bond acceptors (Lipinski definition) is 6. The van der Waals surface area contributed by atoms with Gasteiger partial charge in [-0.15, -0.1) is 0 Å². The van der Waals surface area contributed by atoms with E-state index in [0.717, 1.165) is 11.8 Å². The number of halogens is 3. The molecule has 1 N–H and O–H groups in total. The summed E-state index contributed by atoms with van der Waals surface area (Å²) in [6.45, 7) is 10.2. The number of nitrogens with one attached hydrogen (secondary N) is 1. The van der Waals surface area contributed by atoms with Gasteiger partial charge in [0.2, 0.25) is 0 Å². The molecular formula is C27H32F3N5O4. The molecule has 0 bridgehead atoms. The molecule has 0 aromatic carbocycles. The number of likely N-dealkylation sites (tertiary alicyclic amines) is 1. The first kappa shape index (κ1) is 28.2. The first-order valence-electron chi connectivity index (χ1n) is 12.7. The molecule has 0 aliphatic carbocycles. The molecule has 1 fully saturated rings. The number of nitrogens with zero attached hydrogens (tertiary/aromatic N) is 4. The number of pyridine rings is 2. The van der Waals surface area contributed by atoms with Crippen molar-refractivity contribution >= 4 is 23.5 Å². The fourth-order valence-corrected chi connectivity index (χ4v) is 4.28. The minimum atomic E-state index is -4.64. The van der Waals surface area contributed by atoms with E-state index in [-0.39, 0.29) is 35.2 Å². The third-order valence-electron chi connectivity index (χ3n) is 6.03. The number of carbonyl (C=O) groups is 2. The van der Waals surface area contributed by atoms with Crippen molar-refractivity contribution < 1.29 is 32.2 Å². The maximum absolute atomic E-state index is 13.1. The molecule has 3 aromatic rings. The number of rotatable bonds is 5. The van der Waals surface area contributed by atoms with E-state index in [4.69, 9.17) is 14.5 Å². The standard InChI is InChI=1S/C27H32F3N5O4/c1-16(2)38-20-13-23-31-19(17-9-11-34(12-10-17)25(37)39-26(3,4)5)15-35(23)14-18(20)24(36)33-22-8-6-7-21(32-22)27(28,29)30/h6-8,13-17H,9-12H2,1-5H3,(H,32,33,36). The lowest BCUT2D eigenvalue weighted by molar-refractivity contribution is -0.141. The third kappa shape index (κ3) is 6.98. The van der Waals surface area contributed by atoms with E-state index in [1.54, 1.807) is 35.4 Å². The SMILES string of the molecule is CC(C)Oc1cc2nc(C3CCN(C(=O)OC(C)(C)C)CC3)cn2cc1C(=O)Nc1cccc(C(F)(F)F)n1. The molecule has 2 amide bonds. The van der Waals surface area contributed by atoms with Crippen molar-refractivity contribution in [2.45, 2.75) is 71.3 Å². The van der Waals surface area contributed by atoms with E-state index in [1.807, 2.05) is 27.0 Å². The molecule has 1 aliphatic heterocycles. The van der Waals surface area contributed by atoms with Gasteiger partial charge in [0.15, 0.2) is 0 Å². The zero-order chi connectivity index (χ0) is 28.5. The number of hydrogen-bond donors (Lipinski definition) is 1. The molecular weight excluding hydrogens is 515 g/mol. The van der Waals surface area contributed by atoms with Crippen molar-refractivity contribution in [3.05, 3.63) is 53.6 Å². The van der Waals surface area contributed by atoms with Crippen LogP contribution in [0.5, 0.6) is 5.75 Å². The smallest absolute Gasteiger partial charge is 0.433 e. The van der Waals surface area contributed by atoms with Gasteiger partial charge in [0.05, 0.1) is 17.4 Å². The van der Waals surface area contributed by atoms with Gasteiger partial charge >= 0.3 is 12.3 Å². The zero-order valence-electron chi connectivity index (χ0n) is 22.5. The summed E-state index contributed by atoms with van der Waals surface area (Å²) in [6.07, 6.45) is -0.471. The number of ether oxygens (including phenoxy) is 2. The Kier molecular flexibility index (Phi) is 7.76. The Hall–Kier alpha value is -3.83. The second-order valence-electron chi connectivity index (χ2n) is 10.8. The van der Waals surface area contributed by atoms with Gasteiger partial charge in [-0.25, -0.2) is 14.8 Å². The summed E-state index contributed by atoms with van der Waals surface area (Å²) in [5.41, 5.74) is -0.173. The number of anilines is 1. The molecule has 0 saturated carbocycles. The van der Waals surface area contributed by atoms with Crippen molar-refractivity contribution in [3.8, 4) is 5.75 Å². The number of carbonyl (C=O) groups excluding carboxylic acids is 2. The molecule has 12 heteroatoms. The average Bonchev–Trinajstić information content (AvgIpc) is 3.25. The molecule has 4 rings (SSSR count). The molecule has 0 radical (unpaired) electrons. The Morgan fingerprint density at radius 2 is 1.77 bits per heavy atom. The topological polar surface area (TPSA) is 98.1 Å². The van der Waals surface area contributed by atoms with E-state index >= 15 is 0 Å². The highest BCUT2D eigenvalue weighted by molar-refractivity contribution is 6.05. The van der Waals surface area contributed by atoms with Crippen LogP contribution in [-0.4, -0.2) is 56.1 Å². The summed E-state index contributed by atoms with van der Waals surface area (Å²) in [7, 11) is 0. The first-order chi connectivity index (χ1) is 18.2. The van der Waals surface area contributed by atoms with Crippen molar-refractivity contribution in [3.63, 3.8) is 0 Å². The molecule has 9 nitrogen and oxygen atoms in total. The maximum atomic E-state index is 13.1. The summed E-state index contributed by atoms with van der Waals surface area (Å²) in [4.78, 5) is 35.5. The Morgan fingerprint density at radius 3 is 2.38 bits per heavy atom. The van der Waals surface area contributed by atoms with Gasteiger partial charge in [0.1, 0.15) is 28.5 Å².